The summed E-state index contributed by atoms with van der Waals surface area (Å²) in [4.78, 5) is 4.46. The molecule has 1 aromatic heterocycles. The zero-order chi connectivity index (χ0) is 14.7. The maximum absolute atomic E-state index is 4.46. The monoisotopic (exact) mass is 294 g/mol. The lowest BCUT2D eigenvalue weighted by Gasteiger charge is -2.19. The summed E-state index contributed by atoms with van der Waals surface area (Å²) >= 11 is 1.79. The molecule has 0 spiro atoms. The summed E-state index contributed by atoms with van der Waals surface area (Å²) in [6, 6.07) is 19.2. The first kappa shape index (κ1) is 14.0. The van der Waals surface area contributed by atoms with Crippen molar-refractivity contribution in [1.29, 1.82) is 0 Å². The Balaban J connectivity index is 2.04. The van der Waals surface area contributed by atoms with E-state index in [0.29, 0.717) is 0 Å². The second-order valence-electron chi connectivity index (χ2n) is 5.09. The molecule has 106 valence electrons. The lowest BCUT2D eigenvalue weighted by molar-refractivity contribution is 0.787. The SMILES string of the molecule is Cc1ccccc1C(Sc1nccn1C)c1ccccc1. The van der Waals surface area contributed by atoms with E-state index in [-0.39, 0.29) is 5.25 Å². The van der Waals surface area contributed by atoms with Crippen molar-refractivity contribution in [2.75, 3.05) is 0 Å². The number of hydrogen-bond donors (Lipinski definition) is 0. The fraction of sp³-hybridized carbons (Fsp3) is 0.167. The van der Waals surface area contributed by atoms with Gasteiger partial charge in [-0.2, -0.15) is 0 Å². The Morgan fingerprint density at radius 2 is 1.71 bits per heavy atom. The van der Waals surface area contributed by atoms with Gasteiger partial charge in [0.2, 0.25) is 0 Å². The van der Waals surface area contributed by atoms with Crippen LogP contribution in [-0.2, 0) is 7.05 Å². The van der Waals surface area contributed by atoms with Crippen LogP contribution in [-0.4, -0.2) is 9.55 Å². The average Bonchev–Trinajstić information content (AvgIpc) is 2.92. The van der Waals surface area contributed by atoms with E-state index < -0.39 is 0 Å². The predicted octanol–water partition coefficient (Wildman–Crippen LogP) is 4.61. The molecule has 0 bridgehead atoms. The van der Waals surface area contributed by atoms with Crippen LogP contribution in [0.5, 0.6) is 0 Å². The van der Waals surface area contributed by atoms with E-state index >= 15 is 0 Å². The maximum Gasteiger partial charge on any atom is 0.168 e. The Kier molecular flexibility index (Phi) is 4.11. The molecule has 3 heteroatoms. The lowest BCUT2D eigenvalue weighted by Crippen LogP contribution is -2.01. The average molecular weight is 294 g/mol. The largest absolute Gasteiger partial charge is 0.329 e. The van der Waals surface area contributed by atoms with Gasteiger partial charge in [-0.15, -0.1) is 0 Å². The van der Waals surface area contributed by atoms with Crippen molar-refractivity contribution in [2.24, 2.45) is 7.05 Å². The summed E-state index contributed by atoms with van der Waals surface area (Å²) in [5.41, 5.74) is 3.96. The van der Waals surface area contributed by atoms with Crippen LogP contribution < -0.4 is 0 Å². The summed E-state index contributed by atoms with van der Waals surface area (Å²) in [6.45, 7) is 2.17. The van der Waals surface area contributed by atoms with Gasteiger partial charge in [-0.1, -0.05) is 66.4 Å². The van der Waals surface area contributed by atoms with E-state index in [0.717, 1.165) is 5.16 Å². The molecule has 0 saturated carbocycles. The minimum atomic E-state index is 0.258. The second kappa shape index (κ2) is 6.19. The molecule has 0 aliphatic heterocycles. The molecule has 0 amide bonds. The second-order valence-corrected chi connectivity index (χ2v) is 6.16. The summed E-state index contributed by atoms with van der Waals surface area (Å²) in [5.74, 6) is 0. The third-order valence-corrected chi connectivity index (χ3v) is 4.94. The molecule has 2 aromatic carbocycles. The number of aromatic nitrogens is 2. The highest BCUT2D eigenvalue weighted by molar-refractivity contribution is 7.99. The number of nitrogens with zero attached hydrogens (tertiary/aromatic N) is 2. The summed E-state index contributed by atoms with van der Waals surface area (Å²) in [5, 5.41) is 1.29. The number of hydrogen-bond acceptors (Lipinski definition) is 2. The van der Waals surface area contributed by atoms with Crippen LogP contribution in [0.1, 0.15) is 21.9 Å². The molecule has 21 heavy (non-hydrogen) atoms. The standard InChI is InChI=1S/C18H18N2S/c1-14-8-6-7-11-16(14)17(15-9-4-3-5-10-15)21-18-19-12-13-20(18)2/h3-13,17H,1-2H3. The van der Waals surface area contributed by atoms with Crippen molar-refractivity contribution in [1.82, 2.24) is 9.55 Å². The first-order chi connectivity index (χ1) is 10.3. The van der Waals surface area contributed by atoms with Gasteiger partial charge in [0.25, 0.3) is 0 Å². The van der Waals surface area contributed by atoms with Crippen molar-refractivity contribution in [3.05, 3.63) is 83.7 Å². The summed E-state index contributed by atoms with van der Waals surface area (Å²) in [7, 11) is 2.04. The fourth-order valence-corrected chi connectivity index (χ4v) is 3.64. The Hall–Kier alpha value is -2.00. The molecule has 3 rings (SSSR count). The van der Waals surface area contributed by atoms with Gasteiger partial charge < -0.3 is 4.57 Å². The minimum Gasteiger partial charge on any atom is -0.329 e. The van der Waals surface area contributed by atoms with Gasteiger partial charge in [0.1, 0.15) is 0 Å². The van der Waals surface area contributed by atoms with Crippen molar-refractivity contribution in [3.63, 3.8) is 0 Å². The van der Waals surface area contributed by atoms with Crippen molar-refractivity contribution in [2.45, 2.75) is 17.3 Å². The molecule has 1 unspecified atom stereocenters. The molecule has 0 radical (unpaired) electrons. The van der Waals surface area contributed by atoms with Crippen LogP contribution in [0.25, 0.3) is 0 Å². The Labute approximate surface area is 129 Å². The van der Waals surface area contributed by atoms with Crippen molar-refractivity contribution < 1.29 is 0 Å². The van der Waals surface area contributed by atoms with E-state index in [1.807, 2.05) is 19.4 Å². The number of aryl methyl sites for hydroxylation is 2. The number of rotatable bonds is 4. The highest BCUT2D eigenvalue weighted by Crippen LogP contribution is 2.40. The maximum atomic E-state index is 4.46. The lowest BCUT2D eigenvalue weighted by atomic mass is 10.0. The third-order valence-electron chi connectivity index (χ3n) is 3.57. The van der Waals surface area contributed by atoms with E-state index in [2.05, 4.69) is 71.1 Å². The van der Waals surface area contributed by atoms with Gasteiger partial charge in [-0.05, 0) is 23.6 Å². The molecule has 0 fully saturated rings. The van der Waals surface area contributed by atoms with Crippen LogP contribution >= 0.6 is 11.8 Å². The normalized spacial score (nSPS) is 12.3. The van der Waals surface area contributed by atoms with Crippen LogP contribution in [0.15, 0.2) is 72.1 Å². The predicted molar refractivity (Wildman–Crippen MR) is 88.5 cm³/mol. The molecular formula is C18H18N2S. The van der Waals surface area contributed by atoms with E-state index in [4.69, 9.17) is 0 Å². The third kappa shape index (κ3) is 3.03. The van der Waals surface area contributed by atoms with Gasteiger partial charge in [-0.25, -0.2) is 4.98 Å². The molecule has 1 atom stereocenters. The van der Waals surface area contributed by atoms with Crippen molar-refractivity contribution >= 4 is 11.8 Å². The van der Waals surface area contributed by atoms with Crippen LogP contribution in [0.3, 0.4) is 0 Å². The highest BCUT2D eigenvalue weighted by atomic mass is 32.2. The minimum absolute atomic E-state index is 0.258. The quantitative estimate of drug-likeness (QED) is 0.654. The molecule has 0 aliphatic carbocycles. The fourth-order valence-electron chi connectivity index (χ4n) is 2.39. The first-order valence-electron chi connectivity index (χ1n) is 7.00. The smallest absolute Gasteiger partial charge is 0.168 e. The summed E-state index contributed by atoms with van der Waals surface area (Å²) in [6.07, 6.45) is 3.84. The van der Waals surface area contributed by atoms with Gasteiger partial charge in [0.05, 0.1) is 5.25 Å². The number of thioether (sulfide) groups is 1. The molecule has 3 aromatic rings. The van der Waals surface area contributed by atoms with Crippen LogP contribution in [0, 0.1) is 6.92 Å². The first-order valence-corrected chi connectivity index (χ1v) is 7.88. The molecule has 0 N–H and O–H groups in total. The van der Waals surface area contributed by atoms with Gasteiger partial charge in [0, 0.05) is 19.4 Å². The zero-order valence-corrected chi connectivity index (χ0v) is 13.0. The van der Waals surface area contributed by atoms with Gasteiger partial charge >= 0.3 is 0 Å². The topological polar surface area (TPSA) is 17.8 Å². The molecule has 1 heterocycles. The molecule has 2 nitrogen and oxygen atoms in total. The van der Waals surface area contributed by atoms with Crippen LogP contribution in [0.4, 0.5) is 0 Å². The number of benzene rings is 2. The van der Waals surface area contributed by atoms with E-state index in [1.165, 1.54) is 16.7 Å². The summed E-state index contributed by atoms with van der Waals surface area (Å²) < 4.78 is 2.07. The number of imidazole rings is 1. The molecular weight excluding hydrogens is 276 g/mol. The highest BCUT2D eigenvalue weighted by Gasteiger charge is 2.19. The van der Waals surface area contributed by atoms with E-state index in [9.17, 15) is 0 Å². The Bertz CT molecular complexity index is 719. The van der Waals surface area contributed by atoms with Crippen molar-refractivity contribution in [3.8, 4) is 0 Å². The van der Waals surface area contributed by atoms with Crippen LogP contribution in [0.2, 0.25) is 0 Å². The van der Waals surface area contributed by atoms with Gasteiger partial charge in [0.15, 0.2) is 5.16 Å². The zero-order valence-electron chi connectivity index (χ0n) is 12.2. The van der Waals surface area contributed by atoms with Gasteiger partial charge in [-0.3, -0.25) is 0 Å². The molecule has 0 saturated heterocycles. The Morgan fingerprint density at radius 1 is 1.00 bits per heavy atom. The Morgan fingerprint density at radius 3 is 2.38 bits per heavy atom. The van der Waals surface area contributed by atoms with E-state index in [1.54, 1.807) is 11.8 Å². The molecule has 0 aliphatic rings.